The summed E-state index contributed by atoms with van der Waals surface area (Å²) in [5.41, 5.74) is 4.91. The number of methoxy groups -OCH3 is 1. The third-order valence-corrected chi connectivity index (χ3v) is 5.71. The Balaban J connectivity index is 1.65. The van der Waals surface area contributed by atoms with E-state index in [1.165, 1.54) is 22.2 Å². The van der Waals surface area contributed by atoms with Crippen molar-refractivity contribution in [2.24, 2.45) is 5.92 Å². The Morgan fingerprint density at radius 1 is 1.07 bits per heavy atom. The van der Waals surface area contributed by atoms with Gasteiger partial charge in [0.15, 0.2) is 11.5 Å². The van der Waals surface area contributed by atoms with Gasteiger partial charge in [0.1, 0.15) is 5.75 Å². The maximum atomic E-state index is 5.97. The van der Waals surface area contributed by atoms with E-state index in [-0.39, 0.29) is 6.04 Å². The molecule has 0 spiro atoms. The van der Waals surface area contributed by atoms with Crippen LogP contribution in [0.25, 0.3) is 10.9 Å². The number of aromatic amines is 1. The lowest BCUT2D eigenvalue weighted by molar-refractivity contribution is 0.272. The van der Waals surface area contributed by atoms with E-state index in [1.54, 1.807) is 7.11 Å². The molecule has 2 N–H and O–H groups in total. The number of H-pyrrole nitrogens is 1. The summed E-state index contributed by atoms with van der Waals surface area (Å²) < 4.78 is 17.3. The van der Waals surface area contributed by atoms with E-state index < -0.39 is 0 Å². The van der Waals surface area contributed by atoms with Crippen LogP contribution in [0.1, 0.15) is 50.1 Å². The quantitative estimate of drug-likeness (QED) is 0.535. The first kappa shape index (κ1) is 20.6. The molecule has 0 saturated carbocycles. The molecule has 1 aliphatic rings. The fourth-order valence-electron chi connectivity index (χ4n) is 4.14. The van der Waals surface area contributed by atoms with Crippen molar-refractivity contribution in [3.8, 4) is 17.2 Å². The molecular formula is C25H32N2O3. The molecule has 3 aromatic rings. The van der Waals surface area contributed by atoms with E-state index in [9.17, 15) is 0 Å². The van der Waals surface area contributed by atoms with Gasteiger partial charge in [-0.25, -0.2) is 0 Å². The predicted molar refractivity (Wildman–Crippen MR) is 121 cm³/mol. The van der Waals surface area contributed by atoms with Crippen molar-refractivity contribution in [2.75, 3.05) is 26.9 Å². The molecule has 0 fully saturated rings. The molecule has 1 aliphatic heterocycles. The van der Waals surface area contributed by atoms with Gasteiger partial charge in [-0.05, 0) is 67.1 Å². The predicted octanol–water partition coefficient (Wildman–Crippen LogP) is 5.24. The molecule has 30 heavy (non-hydrogen) atoms. The number of aromatic nitrogens is 1. The summed E-state index contributed by atoms with van der Waals surface area (Å²) in [5.74, 6) is 3.12. The van der Waals surface area contributed by atoms with Crippen LogP contribution in [0, 0.1) is 5.92 Å². The summed E-state index contributed by atoms with van der Waals surface area (Å²) in [6, 6.07) is 12.6. The molecule has 2 heterocycles. The number of hydrogen-bond donors (Lipinski definition) is 2. The number of benzene rings is 2. The molecule has 0 saturated heterocycles. The Morgan fingerprint density at radius 3 is 2.70 bits per heavy atom. The van der Waals surface area contributed by atoms with Crippen molar-refractivity contribution in [3.05, 3.63) is 53.2 Å². The first-order chi connectivity index (χ1) is 14.6. The van der Waals surface area contributed by atoms with Crippen LogP contribution in [0.3, 0.4) is 0 Å². The van der Waals surface area contributed by atoms with Crippen LogP contribution in [0.5, 0.6) is 17.2 Å². The Labute approximate surface area is 178 Å². The molecular weight excluding hydrogens is 376 g/mol. The maximum absolute atomic E-state index is 5.97. The van der Waals surface area contributed by atoms with Crippen LogP contribution in [0.15, 0.2) is 36.4 Å². The second-order valence-corrected chi connectivity index (χ2v) is 8.24. The van der Waals surface area contributed by atoms with Gasteiger partial charge in [-0.1, -0.05) is 19.9 Å². The van der Waals surface area contributed by atoms with Crippen molar-refractivity contribution in [2.45, 2.75) is 39.7 Å². The van der Waals surface area contributed by atoms with E-state index in [4.69, 9.17) is 14.2 Å². The second-order valence-electron chi connectivity index (χ2n) is 8.24. The summed E-state index contributed by atoms with van der Waals surface area (Å²) in [5, 5.41) is 4.92. The van der Waals surface area contributed by atoms with E-state index >= 15 is 0 Å². The highest BCUT2D eigenvalue weighted by atomic mass is 16.5. The van der Waals surface area contributed by atoms with Crippen molar-refractivity contribution in [1.82, 2.24) is 10.3 Å². The third-order valence-electron chi connectivity index (χ3n) is 5.71. The van der Waals surface area contributed by atoms with Gasteiger partial charge >= 0.3 is 0 Å². The lowest BCUT2D eigenvalue weighted by Gasteiger charge is -2.25. The first-order valence-electron chi connectivity index (χ1n) is 10.9. The molecule has 4 rings (SSSR count). The lowest BCUT2D eigenvalue weighted by atomic mass is 9.94. The minimum atomic E-state index is 0.0929. The summed E-state index contributed by atoms with van der Waals surface area (Å²) in [7, 11) is 1.70. The summed E-state index contributed by atoms with van der Waals surface area (Å²) in [6.07, 6.45) is 2.02. The number of fused-ring (bicyclic) bond motifs is 3. The van der Waals surface area contributed by atoms with Gasteiger partial charge in [0, 0.05) is 23.1 Å². The van der Waals surface area contributed by atoms with Crippen LogP contribution < -0.4 is 19.5 Å². The zero-order chi connectivity index (χ0) is 21.1. The first-order valence-corrected chi connectivity index (χ1v) is 10.9. The third kappa shape index (κ3) is 4.12. The van der Waals surface area contributed by atoms with Gasteiger partial charge in [0.2, 0.25) is 0 Å². The van der Waals surface area contributed by atoms with Gasteiger partial charge in [0.25, 0.3) is 0 Å². The van der Waals surface area contributed by atoms with Gasteiger partial charge in [0.05, 0.1) is 26.4 Å². The summed E-state index contributed by atoms with van der Waals surface area (Å²) in [4.78, 5) is 3.64. The molecule has 0 bridgehead atoms. The van der Waals surface area contributed by atoms with Crippen molar-refractivity contribution in [3.63, 3.8) is 0 Å². The molecule has 2 aromatic carbocycles. The molecule has 0 aliphatic carbocycles. The molecule has 0 amide bonds. The Kier molecular flexibility index (Phi) is 6.18. The smallest absolute Gasteiger partial charge is 0.161 e. The average Bonchev–Trinajstić information content (AvgIpc) is 3.12. The van der Waals surface area contributed by atoms with Crippen molar-refractivity contribution >= 4 is 10.9 Å². The zero-order valence-electron chi connectivity index (χ0n) is 18.4. The Morgan fingerprint density at radius 2 is 1.93 bits per heavy atom. The highest BCUT2D eigenvalue weighted by molar-refractivity contribution is 5.86. The zero-order valence-corrected chi connectivity index (χ0v) is 18.4. The van der Waals surface area contributed by atoms with Crippen molar-refractivity contribution < 1.29 is 14.2 Å². The fraction of sp³-hybridized carbons (Fsp3) is 0.440. The van der Waals surface area contributed by atoms with Gasteiger partial charge in [-0.15, -0.1) is 0 Å². The average molecular weight is 409 g/mol. The van der Waals surface area contributed by atoms with Crippen LogP contribution >= 0.6 is 0 Å². The topological polar surface area (TPSA) is 55.5 Å². The van der Waals surface area contributed by atoms with Crippen LogP contribution in [-0.2, 0) is 6.42 Å². The van der Waals surface area contributed by atoms with E-state index in [2.05, 4.69) is 48.4 Å². The fourth-order valence-corrected chi connectivity index (χ4v) is 4.14. The number of nitrogens with one attached hydrogen (secondary N) is 2. The maximum Gasteiger partial charge on any atom is 0.161 e. The van der Waals surface area contributed by atoms with Crippen LogP contribution in [0.4, 0.5) is 0 Å². The SMILES string of the molecule is CCOc1ccc2[nH]c3c(c2c1)CCNC3c1ccc(OCCC(C)C)c(OC)c1. The molecule has 1 aromatic heterocycles. The highest BCUT2D eigenvalue weighted by Crippen LogP contribution is 2.38. The molecule has 0 radical (unpaired) electrons. The van der Waals surface area contributed by atoms with Crippen LogP contribution in [-0.4, -0.2) is 31.9 Å². The minimum absolute atomic E-state index is 0.0929. The molecule has 160 valence electrons. The molecule has 5 nitrogen and oxygen atoms in total. The standard InChI is InChI=1S/C25H32N2O3/c1-5-29-18-7-8-21-20(15-18)19-10-12-26-24(25(19)27-21)17-6-9-22(23(14-17)28-4)30-13-11-16(2)3/h6-9,14-16,24,26-27H,5,10-13H2,1-4H3. The van der Waals surface area contributed by atoms with Gasteiger partial charge in [-0.2, -0.15) is 0 Å². The van der Waals surface area contributed by atoms with Gasteiger partial charge < -0.3 is 24.5 Å². The number of hydrogen-bond acceptors (Lipinski definition) is 4. The van der Waals surface area contributed by atoms with Crippen molar-refractivity contribution in [1.29, 1.82) is 0 Å². The number of ether oxygens (including phenoxy) is 3. The molecule has 5 heteroatoms. The second kappa shape index (κ2) is 9.00. The molecule has 1 atom stereocenters. The Hall–Kier alpha value is -2.66. The minimum Gasteiger partial charge on any atom is -0.494 e. The summed E-state index contributed by atoms with van der Waals surface area (Å²) in [6.45, 7) is 8.72. The highest BCUT2D eigenvalue weighted by Gasteiger charge is 2.26. The molecule has 1 unspecified atom stereocenters. The summed E-state index contributed by atoms with van der Waals surface area (Å²) >= 11 is 0. The van der Waals surface area contributed by atoms with E-state index in [0.29, 0.717) is 19.1 Å². The van der Waals surface area contributed by atoms with E-state index in [1.807, 2.05) is 19.1 Å². The van der Waals surface area contributed by atoms with Gasteiger partial charge in [-0.3, -0.25) is 0 Å². The van der Waals surface area contributed by atoms with Crippen LogP contribution in [0.2, 0.25) is 0 Å². The normalized spacial score (nSPS) is 16.0. The lowest BCUT2D eigenvalue weighted by Crippen LogP contribution is -2.30. The number of rotatable bonds is 8. The monoisotopic (exact) mass is 408 g/mol. The largest absolute Gasteiger partial charge is 0.494 e. The Bertz CT molecular complexity index is 1010. The van der Waals surface area contributed by atoms with E-state index in [0.717, 1.165) is 42.2 Å².